The first-order chi connectivity index (χ1) is 8.15. The number of hydrogen-bond acceptors (Lipinski definition) is 3. The van der Waals surface area contributed by atoms with Gasteiger partial charge in [0, 0.05) is 12.1 Å². The summed E-state index contributed by atoms with van der Waals surface area (Å²) in [6, 6.07) is 4.34. The van der Waals surface area contributed by atoms with Crippen LogP contribution in [-0.2, 0) is 4.74 Å². The van der Waals surface area contributed by atoms with E-state index in [2.05, 4.69) is 5.32 Å². The average Bonchev–Trinajstić information content (AvgIpc) is 2.32. The summed E-state index contributed by atoms with van der Waals surface area (Å²) >= 11 is 0. The minimum atomic E-state index is -0.394. The Kier molecular flexibility index (Phi) is 5.59. The van der Waals surface area contributed by atoms with E-state index in [-0.39, 0.29) is 24.7 Å². The molecule has 5 heteroatoms. The maximum Gasteiger partial charge on any atom is 0.251 e. The topological polar surface area (TPSA) is 58.6 Å². The van der Waals surface area contributed by atoms with E-state index in [1.54, 1.807) is 19.1 Å². The Morgan fingerprint density at radius 2 is 2.24 bits per heavy atom. The number of aliphatic hydroxyl groups is 1. The van der Waals surface area contributed by atoms with Crippen LogP contribution >= 0.6 is 0 Å². The summed E-state index contributed by atoms with van der Waals surface area (Å²) in [5, 5.41) is 11.0. The van der Waals surface area contributed by atoms with Crippen molar-refractivity contribution in [1.82, 2.24) is 5.32 Å². The molecule has 0 spiro atoms. The van der Waals surface area contributed by atoms with Crippen molar-refractivity contribution in [1.29, 1.82) is 0 Å². The number of halogens is 1. The van der Waals surface area contributed by atoms with Gasteiger partial charge in [0.2, 0.25) is 0 Å². The van der Waals surface area contributed by atoms with Gasteiger partial charge in [-0.2, -0.15) is 0 Å². The molecular weight excluding hydrogens is 225 g/mol. The van der Waals surface area contributed by atoms with E-state index >= 15 is 0 Å². The zero-order valence-corrected chi connectivity index (χ0v) is 9.70. The Hall–Kier alpha value is -1.46. The SMILES string of the molecule is Cc1ccc(C(=O)NCCOCCO)cc1F. The summed E-state index contributed by atoms with van der Waals surface area (Å²) in [4.78, 5) is 11.6. The van der Waals surface area contributed by atoms with Crippen LogP contribution < -0.4 is 5.32 Å². The molecule has 1 aromatic carbocycles. The smallest absolute Gasteiger partial charge is 0.251 e. The molecule has 0 saturated heterocycles. The number of carbonyl (C=O) groups is 1. The Balaban J connectivity index is 2.39. The predicted octanol–water partition coefficient (Wildman–Crippen LogP) is 0.873. The third-order valence-electron chi connectivity index (χ3n) is 2.20. The third-order valence-corrected chi connectivity index (χ3v) is 2.20. The van der Waals surface area contributed by atoms with Crippen LogP contribution in [-0.4, -0.2) is 37.4 Å². The first-order valence-electron chi connectivity index (χ1n) is 5.38. The van der Waals surface area contributed by atoms with Crippen molar-refractivity contribution < 1.29 is 19.0 Å². The average molecular weight is 241 g/mol. The molecule has 0 aromatic heterocycles. The summed E-state index contributed by atoms with van der Waals surface area (Å²) in [5.41, 5.74) is 0.795. The number of carbonyl (C=O) groups excluding carboxylic acids is 1. The fraction of sp³-hybridized carbons (Fsp3) is 0.417. The Labute approximate surface area is 99.4 Å². The molecule has 0 aliphatic carbocycles. The van der Waals surface area contributed by atoms with Crippen LogP contribution in [0.2, 0.25) is 0 Å². The van der Waals surface area contributed by atoms with Crippen molar-refractivity contribution >= 4 is 5.91 Å². The van der Waals surface area contributed by atoms with Gasteiger partial charge in [0.05, 0.1) is 19.8 Å². The number of aliphatic hydroxyl groups excluding tert-OH is 1. The highest BCUT2D eigenvalue weighted by Gasteiger charge is 2.07. The molecule has 0 aliphatic heterocycles. The second-order valence-electron chi connectivity index (χ2n) is 3.56. The molecule has 1 amide bonds. The first-order valence-corrected chi connectivity index (χ1v) is 5.38. The van der Waals surface area contributed by atoms with E-state index in [1.165, 1.54) is 6.07 Å². The minimum absolute atomic E-state index is 0.0445. The van der Waals surface area contributed by atoms with E-state index in [1.807, 2.05) is 0 Å². The number of nitrogens with one attached hydrogen (secondary N) is 1. The van der Waals surface area contributed by atoms with E-state index in [0.717, 1.165) is 0 Å². The van der Waals surface area contributed by atoms with Gasteiger partial charge in [0.1, 0.15) is 5.82 Å². The predicted molar refractivity (Wildman–Crippen MR) is 61.4 cm³/mol. The largest absolute Gasteiger partial charge is 0.394 e. The maximum absolute atomic E-state index is 13.2. The molecule has 94 valence electrons. The Bertz CT molecular complexity index is 382. The highest BCUT2D eigenvalue weighted by atomic mass is 19.1. The molecule has 1 rings (SSSR count). The van der Waals surface area contributed by atoms with Crippen molar-refractivity contribution in [3.05, 3.63) is 35.1 Å². The van der Waals surface area contributed by atoms with E-state index in [9.17, 15) is 9.18 Å². The van der Waals surface area contributed by atoms with E-state index < -0.39 is 5.82 Å². The minimum Gasteiger partial charge on any atom is -0.394 e. The molecule has 0 fully saturated rings. The van der Waals surface area contributed by atoms with Crippen molar-refractivity contribution in [3.8, 4) is 0 Å². The molecule has 0 aliphatic rings. The molecule has 2 N–H and O–H groups in total. The number of rotatable bonds is 6. The molecule has 0 bridgehead atoms. The van der Waals surface area contributed by atoms with Crippen molar-refractivity contribution in [3.63, 3.8) is 0 Å². The van der Waals surface area contributed by atoms with Crippen molar-refractivity contribution in [2.24, 2.45) is 0 Å². The van der Waals surface area contributed by atoms with Crippen LogP contribution in [0, 0.1) is 12.7 Å². The summed E-state index contributed by atoms with van der Waals surface area (Å²) in [6.07, 6.45) is 0. The van der Waals surface area contributed by atoms with Gasteiger partial charge in [0.15, 0.2) is 0 Å². The molecule has 4 nitrogen and oxygen atoms in total. The summed E-state index contributed by atoms with van der Waals surface area (Å²) in [5.74, 6) is -0.731. The van der Waals surface area contributed by atoms with Gasteiger partial charge in [-0.3, -0.25) is 4.79 Å². The number of hydrogen-bond donors (Lipinski definition) is 2. The summed E-state index contributed by atoms with van der Waals surface area (Å²) in [7, 11) is 0. The fourth-order valence-electron chi connectivity index (χ4n) is 1.24. The van der Waals surface area contributed by atoms with Gasteiger partial charge >= 0.3 is 0 Å². The number of ether oxygens (including phenoxy) is 1. The van der Waals surface area contributed by atoms with Crippen LogP contribution in [0.1, 0.15) is 15.9 Å². The van der Waals surface area contributed by atoms with Crippen molar-refractivity contribution in [2.45, 2.75) is 6.92 Å². The lowest BCUT2D eigenvalue weighted by atomic mass is 10.1. The van der Waals surface area contributed by atoms with Crippen LogP contribution in [0.15, 0.2) is 18.2 Å². The molecule has 0 saturated carbocycles. The molecule has 17 heavy (non-hydrogen) atoms. The van der Waals surface area contributed by atoms with E-state index in [0.29, 0.717) is 18.7 Å². The second-order valence-corrected chi connectivity index (χ2v) is 3.56. The van der Waals surface area contributed by atoms with Crippen LogP contribution in [0.4, 0.5) is 4.39 Å². The fourth-order valence-corrected chi connectivity index (χ4v) is 1.24. The second kappa shape index (κ2) is 6.98. The van der Waals surface area contributed by atoms with Crippen molar-refractivity contribution in [2.75, 3.05) is 26.4 Å². The summed E-state index contributed by atoms with van der Waals surface area (Å²) < 4.78 is 18.2. The van der Waals surface area contributed by atoms with Gasteiger partial charge in [-0.1, -0.05) is 6.07 Å². The highest BCUT2D eigenvalue weighted by molar-refractivity contribution is 5.94. The lowest BCUT2D eigenvalue weighted by molar-refractivity contribution is 0.0838. The zero-order valence-electron chi connectivity index (χ0n) is 9.70. The monoisotopic (exact) mass is 241 g/mol. The Morgan fingerprint density at radius 1 is 1.47 bits per heavy atom. The lowest BCUT2D eigenvalue weighted by Gasteiger charge is -2.06. The number of aryl methyl sites for hydroxylation is 1. The maximum atomic E-state index is 13.2. The van der Waals surface area contributed by atoms with Gasteiger partial charge in [-0.15, -0.1) is 0 Å². The third kappa shape index (κ3) is 4.50. The molecule has 0 radical (unpaired) electrons. The van der Waals surface area contributed by atoms with Gasteiger partial charge in [-0.05, 0) is 24.6 Å². The number of benzene rings is 1. The normalized spacial score (nSPS) is 10.3. The van der Waals surface area contributed by atoms with Crippen LogP contribution in [0.5, 0.6) is 0 Å². The molecule has 0 heterocycles. The highest BCUT2D eigenvalue weighted by Crippen LogP contribution is 2.08. The van der Waals surface area contributed by atoms with Gasteiger partial charge in [0.25, 0.3) is 5.91 Å². The molecular formula is C12H16FNO3. The first kappa shape index (κ1) is 13.6. The molecule has 0 unspecified atom stereocenters. The van der Waals surface area contributed by atoms with Gasteiger partial charge < -0.3 is 15.2 Å². The zero-order chi connectivity index (χ0) is 12.7. The van der Waals surface area contributed by atoms with Crippen LogP contribution in [0.3, 0.4) is 0 Å². The summed E-state index contributed by atoms with van der Waals surface area (Å²) in [6.45, 7) is 2.49. The van der Waals surface area contributed by atoms with Gasteiger partial charge in [-0.25, -0.2) is 4.39 Å². The standard InChI is InChI=1S/C12H16FNO3/c1-9-2-3-10(8-11(9)13)12(16)14-4-6-17-7-5-15/h2-3,8,15H,4-7H2,1H3,(H,14,16). The lowest BCUT2D eigenvalue weighted by Crippen LogP contribution is -2.27. The Morgan fingerprint density at radius 3 is 2.88 bits per heavy atom. The quantitative estimate of drug-likeness (QED) is 0.727. The molecule has 1 aromatic rings. The number of amides is 1. The van der Waals surface area contributed by atoms with E-state index in [4.69, 9.17) is 9.84 Å². The van der Waals surface area contributed by atoms with Crippen LogP contribution in [0.25, 0.3) is 0 Å². The molecule has 0 atom stereocenters.